The van der Waals surface area contributed by atoms with Crippen LogP contribution in [0, 0.1) is 20.8 Å². The summed E-state index contributed by atoms with van der Waals surface area (Å²) in [6.45, 7) is 6.26. The van der Waals surface area contributed by atoms with Gasteiger partial charge in [0, 0.05) is 32.3 Å². The van der Waals surface area contributed by atoms with E-state index in [-0.39, 0.29) is 36.9 Å². The molecule has 1 aliphatic carbocycles. The molecule has 232 valence electrons. The van der Waals surface area contributed by atoms with E-state index in [9.17, 15) is 23.4 Å². The third-order valence-electron chi connectivity index (χ3n) is 8.75. The second-order valence-corrected chi connectivity index (χ2v) is 13.8. The molecule has 2 N–H and O–H groups in total. The zero-order valence-electron chi connectivity index (χ0n) is 25.2. The van der Waals surface area contributed by atoms with Gasteiger partial charge in [-0.2, -0.15) is 9.29 Å². The number of ether oxygens (including phenoxy) is 1. The van der Waals surface area contributed by atoms with Crippen molar-refractivity contribution in [2.45, 2.75) is 63.0 Å². The zero-order chi connectivity index (χ0) is 31.4. The van der Waals surface area contributed by atoms with E-state index in [1.165, 1.54) is 10.4 Å². The van der Waals surface area contributed by atoms with Gasteiger partial charge in [-0.1, -0.05) is 18.2 Å². The molecule has 6 rings (SSSR count). The first-order chi connectivity index (χ1) is 20.9. The van der Waals surface area contributed by atoms with E-state index in [1.807, 2.05) is 55.6 Å². The number of rotatable bonds is 9. The van der Waals surface area contributed by atoms with Crippen molar-refractivity contribution in [3.05, 3.63) is 76.2 Å². The van der Waals surface area contributed by atoms with Crippen LogP contribution in [0.3, 0.4) is 0 Å². The van der Waals surface area contributed by atoms with Crippen molar-refractivity contribution in [1.29, 1.82) is 0 Å². The number of sulfonamides is 1. The third kappa shape index (κ3) is 5.39. The Morgan fingerprint density at radius 3 is 2.61 bits per heavy atom. The normalized spacial score (nSPS) is 17.6. The topological polar surface area (TPSA) is 150 Å². The number of likely N-dealkylation sites (N-methyl/N-ethyl adjacent to an activating group) is 1. The molecule has 0 bridgehead atoms. The fraction of sp³-hybridized carbons (Fsp3) is 0.419. The number of aliphatic carboxylic acids is 1. The van der Waals surface area contributed by atoms with Crippen LogP contribution in [0.2, 0.25) is 0 Å². The predicted molar refractivity (Wildman–Crippen MR) is 163 cm³/mol. The molecule has 3 aromatic heterocycles. The number of fused-ring (bicyclic) bond motifs is 2. The van der Waals surface area contributed by atoms with Crippen molar-refractivity contribution >= 4 is 27.5 Å². The molecule has 0 saturated heterocycles. The molecule has 1 aromatic carbocycles. The number of nitrogens with zero attached hydrogens (tertiary/aromatic N) is 6. The molecule has 1 spiro atoms. The molecule has 0 unspecified atom stereocenters. The van der Waals surface area contributed by atoms with Crippen LogP contribution in [0.5, 0.6) is 5.88 Å². The van der Waals surface area contributed by atoms with Gasteiger partial charge in [0.2, 0.25) is 15.9 Å². The second-order valence-electron chi connectivity index (χ2n) is 11.8. The van der Waals surface area contributed by atoms with Gasteiger partial charge in [0.25, 0.3) is 0 Å². The SMILES string of the molecule is Cc1ccc([C@H](CC(=O)O)c2ccn3c(C)nnc3c2C)cc1CN1CC2(CC2)Oc2nc(N(C)CCO)ccc2S1(=O)=O. The van der Waals surface area contributed by atoms with Gasteiger partial charge in [0.05, 0.1) is 19.6 Å². The van der Waals surface area contributed by atoms with E-state index in [4.69, 9.17) is 4.74 Å². The highest BCUT2D eigenvalue weighted by Gasteiger charge is 2.52. The Morgan fingerprint density at radius 2 is 1.91 bits per heavy atom. The average Bonchev–Trinajstić information content (AvgIpc) is 3.64. The maximum atomic E-state index is 14.1. The Hall–Kier alpha value is -4.07. The molecule has 1 aliphatic heterocycles. The summed E-state index contributed by atoms with van der Waals surface area (Å²) in [4.78, 5) is 18.3. The van der Waals surface area contributed by atoms with Crippen molar-refractivity contribution in [3.63, 3.8) is 0 Å². The van der Waals surface area contributed by atoms with Gasteiger partial charge in [-0.25, -0.2) is 8.42 Å². The molecule has 13 heteroatoms. The summed E-state index contributed by atoms with van der Waals surface area (Å²) in [5.41, 5.74) is 4.15. The standard InChI is InChI=1S/C31H36N6O6S/c1-19-5-6-22(25(16-28(39)40)24-9-12-37-21(3)33-34-29(37)20(24)2)15-23(19)17-36-18-31(10-11-31)43-30-26(44(36,41)42)7-8-27(32-30)35(4)13-14-38/h5-9,12,15,25,38H,10-11,13-14,16-18H2,1-4H3,(H,39,40)/t25-/m0/s1. The lowest BCUT2D eigenvalue weighted by atomic mass is 9.85. The quantitative estimate of drug-likeness (QED) is 0.286. The highest BCUT2D eigenvalue weighted by atomic mass is 32.2. The second kappa shape index (κ2) is 11.1. The van der Waals surface area contributed by atoms with Crippen LogP contribution in [0.1, 0.15) is 58.8 Å². The minimum atomic E-state index is -3.99. The summed E-state index contributed by atoms with van der Waals surface area (Å²) in [5.74, 6) is -0.0887. The number of hydrogen-bond donors (Lipinski definition) is 2. The Labute approximate surface area is 256 Å². The number of carboxylic acid groups (broad SMARTS) is 1. The van der Waals surface area contributed by atoms with Crippen molar-refractivity contribution in [2.75, 3.05) is 31.6 Å². The van der Waals surface area contributed by atoms with Gasteiger partial charge in [-0.3, -0.25) is 9.20 Å². The fourth-order valence-electron chi connectivity index (χ4n) is 5.93. The lowest BCUT2D eigenvalue weighted by Crippen LogP contribution is -2.38. The summed E-state index contributed by atoms with van der Waals surface area (Å²) in [6, 6.07) is 10.8. The Kier molecular flexibility index (Phi) is 7.58. The summed E-state index contributed by atoms with van der Waals surface area (Å²) in [7, 11) is -2.21. The lowest BCUT2D eigenvalue weighted by molar-refractivity contribution is -0.137. The molecule has 1 fully saturated rings. The van der Waals surface area contributed by atoms with Crippen LogP contribution in [-0.4, -0.2) is 80.8 Å². The van der Waals surface area contributed by atoms with E-state index < -0.39 is 27.5 Å². The molecule has 4 aromatic rings. The van der Waals surface area contributed by atoms with Crippen molar-refractivity contribution in [2.24, 2.45) is 0 Å². The first-order valence-corrected chi connectivity index (χ1v) is 16.0. The third-order valence-corrected chi connectivity index (χ3v) is 10.6. The average molecular weight is 621 g/mol. The largest absolute Gasteiger partial charge is 0.481 e. The van der Waals surface area contributed by atoms with Gasteiger partial charge in [-0.15, -0.1) is 10.2 Å². The maximum absolute atomic E-state index is 14.1. The number of carbonyl (C=O) groups is 1. The van der Waals surface area contributed by atoms with Gasteiger partial charge < -0.3 is 19.8 Å². The molecule has 0 radical (unpaired) electrons. The molecule has 2 aliphatic rings. The van der Waals surface area contributed by atoms with Crippen molar-refractivity contribution < 1.29 is 28.2 Å². The van der Waals surface area contributed by atoms with Gasteiger partial charge >= 0.3 is 5.97 Å². The number of pyridine rings is 2. The van der Waals surface area contributed by atoms with Crippen molar-refractivity contribution in [1.82, 2.24) is 23.9 Å². The number of hydrogen-bond acceptors (Lipinski definition) is 9. The fourth-order valence-corrected chi connectivity index (χ4v) is 7.47. The number of aromatic nitrogens is 4. The van der Waals surface area contributed by atoms with E-state index in [2.05, 4.69) is 15.2 Å². The highest BCUT2D eigenvalue weighted by molar-refractivity contribution is 7.89. The zero-order valence-corrected chi connectivity index (χ0v) is 26.0. The van der Waals surface area contributed by atoms with Crippen LogP contribution in [0.25, 0.3) is 5.65 Å². The number of aliphatic hydroxyl groups is 1. The molecule has 0 amide bonds. The summed E-state index contributed by atoms with van der Waals surface area (Å²) in [6.07, 6.45) is 3.13. The maximum Gasteiger partial charge on any atom is 0.304 e. The van der Waals surface area contributed by atoms with Crippen LogP contribution < -0.4 is 9.64 Å². The predicted octanol–water partition coefficient (Wildman–Crippen LogP) is 3.20. The molecular formula is C31H36N6O6S. The Morgan fingerprint density at radius 1 is 1.14 bits per heavy atom. The van der Waals surface area contributed by atoms with Crippen LogP contribution >= 0.6 is 0 Å². The molecule has 12 nitrogen and oxygen atoms in total. The first-order valence-electron chi connectivity index (χ1n) is 14.6. The van der Waals surface area contributed by atoms with Gasteiger partial charge in [0.1, 0.15) is 22.1 Å². The molecule has 44 heavy (non-hydrogen) atoms. The molecule has 1 atom stereocenters. The minimum Gasteiger partial charge on any atom is -0.481 e. The highest BCUT2D eigenvalue weighted by Crippen LogP contribution is 2.46. The van der Waals surface area contributed by atoms with Gasteiger partial charge in [0.15, 0.2) is 5.65 Å². The Bertz CT molecular complexity index is 1870. The monoisotopic (exact) mass is 620 g/mol. The summed E-state index contributed by atoms with van der Waals surface area (Å²) in [5, 5.41) is 27.7. The van der Waals surface area contributed by atoms with Gasteiger partial charge in [-0.05, 0) is 79.6 Å². The first kappa shape index (κ1) is 30.0. The smallest absolute Gasteiger partial charge is 0.304 e. The minimum absolute atomic E-state index is 0.00696. The number of aliphatic hydroxyl groups excluding tert-OH is 1. The summed E-state index contributed by atoms with van der Waals surface area (Å²) < 4.78 is 37.8. The number of benzene rings is 1. The number of aryl methyl sites for hydroxylation is 3. The van der Waals surface area contributed by atoms with E-state index >= 15 is 0 Å². The van der Waals surface area contributed by atoms with Crippen LogP contribution in [0.15, 0.2) is 47.5 Å². The van der Waals surface area contributed by atoms with Crippen LogP contribution in [-0.2, 0) is 21.4 Å². The van der Waals surface area contributed by atoms with E-state index in [0.29, 0.717) is 30.9 Å². The molecule has 4 heterocycles. The number of carboxylic acids is 1. The molecule has 1 saturated carbocycles. The van der Waals surface area contributed by atoms with Crippen molar-refractivity contribution in [3.8, 4) is 5.88 Å². The molecular weight excluding hydrogens is 584 g/mol. The number of anilines is 1. The van der Waals surface area contributed by atoms with E-state index in [0.717, 1.165) is 33.6 Å². The van der Waals surface area contributed by atoms with E-state index in [1.54, 1.807) is 18.0 Å². The lowest BCUT2D eigenvalue weighted by Gasteiger charge is -2.25. The Balaban J connectivity index is 1.37. The summed E-state index contributed by atoms with van der Waals surface area (Å²) >= 11 is 0. The van der Waals surface area contributed by atoms with Crippen LogP contribution in [0.4, 0.5) is 5.82 Å².